The third kappa shape index (κ3) is 3.63. The van der Waals surface area contributed by atoms with Gasteiger partial charge >= 0.3 is 0 Å². The molecule has 29 heavy (non-hydrogen) atoms. The fourth-order valence-corrected chi connectivity index (χ4v) is 8.31. The summed E-state index contributed by atoms with van der Waals surface area (Å²) in [5.41, 5.74) is 1.08. The van der Waals surface area contributed by atoms with Crippen LogP contribution in [-0.2, 0) is 14.8 Å². The van der Waals surface area contributed by atoms with Gasteiger partial charge in [0.2, 0.25) is 15.9 Å². The second kappa shape index (κ2) is 7.09. The molecule has 1 aliphatic heterocycles. The summed E-state index contributed by atoms with van der Waals surface area (Å²) in [4.78, 5) is 13.4. The molecule has 1 amide bonds. The van der Waals surface area contributed by atoms with Gasteiger partial charge in [0.1, 0.15) is 0 Å². The zero-order valence-corrected chi connectivity index (χ0v) is 18.1. The fraction of sp³-hybridized carbons (Fsp3) is 0.696. The molecule has 4 saturated carbocycles. The molecule has 1 aromatic carbocycles. The number of carbonyl (C=O) groups is 1. The van der Waals surface area contributed by atoms with Crippen LogP contribution in [0.4, 0.5) is 0 Å². The topological polar surface area (TPSA) is 66.5 Å². The molecule has 0 spiro atoms. The summed E-state index contributed by atoms with van der Waals surface area (Å²) in [6, 6.07) is 7.02. The summed E-state index contributed by atoms with van der Waals surface area (Å²) in [7, 11) is -3.47. The third-order valence-corrected chi connectivity index (χ3v) is 9.82. The van der Waals surface area contributed by atoms with Crippen molar-refractivity contribution in [2.45, 2.75) is 68.7 Å². The van der Waals surface area contributed by atoms with Gasteiger partial charge in [0.15, 0.2) is 0 Å². The summed E-state index contributed by atoms with van der Waals surface area (Å²) in [6.07, 6.45) is 8.80. The average Bonchev–Trinajstić information content (AvgIpc) is 2.67. The number of benzene rings is 1. The van der Waals surface area contributed by atoms with Crippen molar-refractivity contribution in [1.82, 2.24) is 9.62 Å². The maximum Gasteiger partial charge on any atom is 0.243 e. The second-order valence-corrected chi connectivity index (χ2v) is 12.1. The van der Waals surface area contributed by atoms with Crippen LogP contribution in [-0.4, -0.2) is 37.3 Å². The number of hydrogen-bond acceptors (Lipinski definition) is 3. The summed E-state index contributed by atoms with van der Waals surface area (Å²) in [5, 5.41) is 3.48. The first-order chi connectivity index (χ1) is 13.8. The molecule has 158 valence electrons. The van der Waals surface area contributed by atoms with Crippen LogP contribution in [0.25, 0.3) is 0 Å². The van der Waals surface area contributed by atoms with Gasteiger partial charge in [0, 0.05) is 24.5 Å². The Morgan fingerprint density at radius 3 is 2.00 bits per heavy atom. The van der Waals surface area contributed by atoms with E-state index in [1.165, 1.54) is 19.3 Å². The van der Waals surface area contributed by atoms with Gasteiger partial charge in [-0.25, -0.2) is 8.42 Å². The van der Waals surface area contributed by atoms with E-state index in [0.29, 0.717) is 30.8 Å². The Bertz CT molecular complexity index is 850. The molecule has 0 atom stereocenters. The Hall–Kier alpha value is -1.40. The van der Waals surface area contributed by atoms with Gasteiger partial charge in [0.25, 0.3) is 0 Å². The van der Waals surface area contributed by atoms with E-state index in [0.717, 1.165) is 42.6 Å². The minimum atomic E-state index is -3.47. The Morgan fingerprint density at radius 1 is 0.966 bits per heavy atom. The first-order valence-electron chi connectivity index (χ1n) is 11.2. The van der Waals surface area contributed by atoms with Gasteiger partial charge in [-0.05, 0) is 88.2 Å². The van der Waals surface area contributed by atoms with Gasteiger partial charge in [-0.1, -0.05) is 17.7 Å². The summed E-state index contributed by atoms with van der Waals surface area (Å²) >= 11 is 0. The van der Waals surface area contributed by atoms with Crippen LogP contribution < -0.4 is 5.32 Å². The van der Waals surface area contributed by atoms with E-state index >= 15 is 0 Å². The van der Waals surface area contributed by atoms with Crippen molar-refractivity contribution < 1.29 is 13.2 Å². The standard InChI is InChI=1S/C23H32N2O3S/c1-16-2-4-21(5-3-16)29(27,28)25-8-6-20(7-9-25)22(26)24-23-13-17-10-18(14-23)12-19(11-17)15-23/h2-5,17-20H,6-15H2,1H3,(H,24,26). The lowest BCUT2D eigenvalue weighted by atomic mass is 9.53. The van der Waals surface area contributed by atoms with Gasteiger partial charge in [0.05, 0.1) is 4.90 Å². The molecule has 6 heteroatoms. The highest BCUT2D eigenvalue weighted by molar-refractivity contribution is 7.89. The maximum absolute atomic E-state index is 13.1. The van der Waals surface area contributed by atoms with Crippen molar-refractivity contribution in [1.29, 1.82) is 0 Å². The van der Waals surface area contributed by atoms with Crippen LogP contribution in [0.1, 0.15) is 56.9 Å². The van der Waals surface area contributed by atoms with E-state index in [1.54, 1.807) is 16.4 Å². The van der Waals surface area contributed by atoms with Crippen LogP contribution in [0.15, 0.2) is 29.2 Å². The number of nitrogens with one attached hydrogen (secondary N) is 1. The molecule has 1 N–H and O–H groups in total. The van der Waals surface area contributed by atoms with Gasteiger partial charge in [-0.2, -0.15) is 4.31 Å². The number of sulfonamides is 1. The predicted molar refractivity (Wildman–Crippen MR) is 112 cm³/mol. The first-order valence-corrected chi connectivity index (χ1v) is 12.7. The van der Waals surface area contributed by atoms with Crippen molar-refractivity contribution >= 4 is 15.9 Å². The lowest BCUT2D eigenvalue weighted by molar-refractivity contribution is -0.132. The minimum Gasteiger partial charge on any atom is -0.350 e. The summed E-state index contributed by atoms with van der Waals surface area (Å²) in [6.45, 7) is 2.80. The highest BCUT2D eigenvalue weighted by atomic mass is 32.2. The summed E-state index contributed by atoms with van der Waals surface area (Å²) < 4.78 is 27.3. The molecular weight excluding hydrogens is 384 g/mol. The van der Waals surface area contributed by atoms with Crippen LogP contribution in [0.3, 0.4) is 0 Å². The second-order valence-electron chi connectivity index (χ2n) is 10.2. The molecule has 0 radical (unpaired) electrons. The van der Waals surface area contributed by atoms with Crippen LogP contribution >= 0.6 is 0 Å². The highest BCUT2D eigenvalue weighted by Crippen LogP contribution is 2.55. The molecule has 5 fully saturated rings. The quantitative estimate of drug-likeness (QED) is 0.817. The smallest absolute Gasteiger partial charge is 0.243 e. The highest BCUT2D eigenvalue weighted by Gasteiger charge is 2.52. The molecular formula is C23H32N2O3S. The van der Waals surface area contributed by atoms with Gasteiger partial charge in [-0.15, -0.1) is 0 Å². The predicted octanol–water partition coefficient (Wildman–Crippen LogP) is 3.48. The molecule has 0 unspecified atom stereocenters. The monoisotopic (exact) mass is 416 g/mol. The lowest BCUT2D eigenvalue weighted by Gasteiger charge is -2.57. The van der Waals surface area contributed by atoms with E-state index in [1.807, 2.05) is 19.1 Å². The van der Waals surface area contributed by atoms with Crippen molar-refractivity contribution in [3.63, 3.8) is 0 Å². The van der Waals surface area contributed by atoms with E-state index in [4.69, 9.17) is 0 Å². The largest absolute Gasteiger partial charge is 0.350 e. The third-order valence-electron chi connectivity index (χ3n) is 7.91. The van der Waals surface area contributed by atoms with Crippen LogP contribution in [0, 0.1) is 30.6 Å². The number of amides is 1. The average molecular weight is 417 g/mol. The van der Waals surface area contributed by atoms with E-state index < -0.39 is 10.0 Å². The molecule has 5 nitrogen and oxygen atoms in total. The number of aryl methyl sites for hydroxylation is 1. The van der Waals surface area contributed by atoms with Crippen molar-refractivity contribution in [3.8, 4) is 0 Å². The first kappa shape index (κ1) is 19.6. The number of piperidine rings is 1. The summed E-state index contributed by atoms with van der Waals surface area (Å²) in [5.74, 6) is 2.53. The molecule has 6 rings (SSSR count). The molecule has 4 bridgehead atoms. The van der Waals surface area contributed by atoms with Gasteiger partial charge in [-0.3, -0.25) is 4.79 Å². The fourth-order valence-electron chi connectivity index (χ4n) is 6.84. The van der Waals surface area contributed by atoms with Gasteiger partial charge < -0.3 is 5.32 Å². The minimum absolute atomic E-state index is 0.0386. The SMILES string of the molecule is Cc1ccc(S(=O)(=O)N2CCC(C(=O)NC34CC5CC(CC(C5)C3)C4)CC2)cc1. The Kier molecular flexibility index (Phi) is 4.78. The van der Waals surface area contributed by atoms with Crippen molar-refractivity contribution in [3.05, 3.63) is 29.8 Å². The van der Waals surface area contributed by atoms with Crippen LogP contribution in [0.2, 0.25) is 0 Å². The Labute approximate surface area is 174 Å². The molecule has 1 heterocycles. The number of rotatable bonds is 4. The Balaban J connectivity index is 1.21. The molecule has 4 aliphatic carbocycles. The normalized spacial score (nSPS) is 35.0. The molecule has 5 aliphatic rings. The van der Waals surface area contributed by atoms with Crippen molar-refractivity contribution in [2.75, 3.05) is 13.1 Å². The molecule has 1 aromatic rings. The van der Waals surface area contributed by atoms with E-state index in [2.05, 4.69) is 5.32 Å². The zero-order chi connectivity index (χ0) is 20.2. The number of carbonyl (C=O) groups excluding carboxylic acids is 1. The molecule has 0 aromatic heterocycles. The number of nitrogens with zero attached hydrogens (tertiary/aromatic N) is 1. The Morgan fingerprint density at radius 2 is 1.48 bits per heavy atom. The lowest BCUT2D eigenvalue weighted by Crippen LogP contribution is -2.61. The zero-order valence-electron chi connectivity index (χ0n) is 17.3. The molecule has 1 saturated heterocycles. The van der Waals surface area contributed by atoms with E-state index in [9.17, 15) is 13.2 Å². The van der Waals surface area contributed by atoms with E-state index in [-0.39, 0.29) is 17.4 Å². The number of hydrogen-bond donors (Lipinski definition) is 1. The van der Waals surface area contributed by atoms with Crippen LogP contribution in [0.5, 0.6) is 0 Å². The maximum atomic E-state index is 13.1. The van der Waals surface area contributed by atoms with Crippen molar-refractivity contribution in [2.24, 2.45) is 23.7 Å².